The maximum atomic E-state index is 11.1. The third-order valence-corrected chi connectivity index (χ3v) is 5.64. The number of rotatable bonds is 3. The zero-order valence-corrected chi connectivity index (χ0v) is 11.5. The summed E-state index contributed by atoms with van der Waals surface area (Å²) in [5.41, 5.74) is 5.65. The highest BCUT2D eigenvalue weighted by Gasteiger charge is 2.53. The van der Waals surface area contributed by atoms with Crippen LogP contribution in [-0.2, 0) is 0 Å². The molecule has 0 aliphatic heterocycles. The fourth-order valence-corrected chi connectivity index (χ4v) is 4.41. The quantitative estimate of drug-likeness (QED) is 0.795. The highest BCUT2D eigenvalue weighted by atomic mass is 16.3. The Balaban J connectivity index is 2.16. The van der Waals surface area contributed by atoms with Crippen molar-refractivity contribution in [2.24, 2.45) is 23.0 Å². The minimum atomic E-state index is -0.461. The van der Waals surface area contributed by atoms with Gasteiger partial charge >= 0.3 is 0 Å². The second-order valence-corrected chi connectivity index (χ2v) is 6.73. The minimum Gasteiger partial charge on any atom is -0.389 e. The smallest absolute Gasteiger partial charge is 0.0718 e. The van der Waals surface area contributed by atoms with E-state index < -0.39 is 5.60 Å². The van der Waals surface area contributed by atoms with Gasteiger partial charge in [-0.1, -0.05) is 33.1 Å². The number of aliphatic hydroxyl groups is 1. The topological polar surface area (TPSA) is 46.2 Å². The molecule has 0 radical (unpaired) electrons. The van der Waals surface area contributed by atoms with E-state index in [1.54, 1.807) is 0 Å². The SMILES string of the molecule is CCC1CCC(O)(C2(CN)CCCC(C)C2)C1. The van der Waals surface area contributed by atoms with E-state index in [-0.39, 0.29) is 5.41 Å². The average Bonchev–Trinajstić information content (AvgIpc) is 2.72. The third-order valence-electron chi connectivity index (χ3n) is 5.64. The van der Waals surface area contributed by atoms with Gasteiger partial charge in [-0.05, 0) is 43.9 Å². The van der Waals surface area contributed by atoms with Crippen molar-refractivity contribution in [3.05, 3.63) is 0 Å². The van der Waals surface area contributed by atoms with Crippen molar-refractivity contribution in [3.8, 4) is 0 Å². The van der Waals surface area contributed by atoms with E-state index in [9.17, 15) is 5.11 Å². The van der Waals surface area contributed by atoms with Gasteiger partial charge in [0.25, 0.3) is 0 Å². The molecule has 2 saturated carbocycles. The van der Waals surface area contributed by atoms with Gasteiger partial charge in [-0.25, -0.2) is 0 Å². The molecule has 0 aromatic carbocycles. The Morgan fingerprint density at radius 1 is 1.24 bits per heavy atom. The van der Waals surface area contributed by atoms with Gasteiger partial charge in [0.15, 0.2) is 0 Å². The molecule has 2 fully saturated rings. The van der Waals surface area contributed by atoms with Crippen LogP contribution < -0.4 is 5.73 Å². The molecule has 0 aromatic rings. The van der Waals surface area contributed by atoms with Crippen LogP contribution in [-0.4, -0.2) is 17.3 Å². The van der Waals surface area contributed by atoms with Crippen molar-refractivity contribution in [2.75, 3.05) is 6.54 Å². The molecule has 100 valence electrons. The first-order chi connectivity index (χ1) is 8.05. The van der Waals surface area contributed by atoms with Gasteiger partial charge in [0, 0.05) is 12.0 Å². The van der Waals surface area contributed by atoms with Crippen molar-refractivity contribution in [2.45, 2.75) is 70.8 Å². The monoisotopic (exact) mass is 239 g/mol. The number of hydrogen-bond acceptors (Lipinski definition) is 2. The van der Waals surface area contributed by atoms with E-state index in [0.717, 1.165) is 37.5 Å². The highest BCUT2D eigenvalue weighted by molar-refractivity contribution is 5.05. The molecule has 0 amide bonds. The van der Waals surface area contributed by atoms with E-state index in [4.69, 9.17) is 5.73 Å². The number of hydrogen-bond donors (Lipinski definition) is 2. The Hall–Kier alpha value is -0.0800. The minimum absolute atomic E-state index is 0.0224. The summed E-state index contributed by atoms with van der Waals surface area (Å²) >= 11 is 0. The fraction of sp³-hybridized carbons (Fsp3) is 1.00. The highest BCUT2D eigenvalue weighted by Crippen LogP contribution is 2.54. The van der Waals surface area contributed by atoms with Gasteiger partial charge in [0.2, 0.25) is 0 Å². The third kappa shape index (κ3) is 2.26. The van der Waals surface area contributed by atoms with Crippen molar-refractivity contribution in [1.29, 1.82) is 0 Å². The maximum absolute atomic E-state index is 11.1. The van der Waals surface area contributed by atoms with Crippen LogP contribution in [0.4, 0.5) is 0 Å². The first-order valence-corrected chi connectivity index (χ1v) is 7.48. The molecule has 4 unspecified atom stereocenters. The van der Waals surface area contributed by atoms with E-state index in [0.29, 0.717) is 6.54 Å². The van der Waals surface area contributed by atoms with Gasteiger partial charge in [-0.2, -0.15) is 0 Å². The molecule has 4 atom stereocenters. The van der Waals surface area contributed by atoms with Gasteiger partial charge in [-0.15, -0.1) is 0 Å². The summed E-state index contributed by atoms with van der Waals surface area (Å²) in [4.78, 5) is 0. The first-order valence-electron chi connectivity index (χ1n) is 7.48. The molecular formula is C15H29NO. The molecular weight excluding hydrogens is 210 g/mol. The van der Waals surface area contributed by atoms with E-state index in [2.05, 4.69) is 13.8 Å². The van der Waals surface area contributed by atoms with Crippen LogP contribution in [0.5, 0.6) is 0 Å². The second-order valence-electron chi connectivity index (χ2n) is 6.73. The summed E-state index contributed by atoms with van der Waals surface area (Å²) in [5.74, 6) is 1.46. The zero-order valence-electron chi connectivity index (χ0n) is 11.5. The van der Waals surface area contributed by atoms with Crippen molar-refractivity contribution < 1.29 is 5.11 Å². The van der Waals surface area contributed by atoms with Gasteiger partial charge in [0.05, 0.1) is 5.60 Å². The van der Waals surface area contributed by atoms with Gasteiger partial charge < -0.3 is 10.8 Å². The summed E-state index contributed by atoms with van der Waals surface area (Å²) in [6.07, 6.45) is 9.22. The van der Waals surface area contributed by atoms with Gasteiger partial charge in [0.1, 0.15) is 0 Å². The molecule has 2 aliphatic rings. The Kier molecular flexibility index (Phi) is 3.84. The van der Waals surface area contributed by atoms with E-state index in [1.807, 2.05) is 0 Å². The lowest BCUT2D eigenvalue weighted by atomic mass is 9.60. The van der Waals surface area contributed by atoms with Crippen molar-refractivity contribution in [3.63, 3.8) is 0 Å². The predicted octanol–water partition coefficient (Wildman–Crippen LogP) is 3.08. The predicted molar refractivity (Wildman–Crippen MR) is 71.7 cm³/mol. The lowest BCUT2D eigenvalue weighted by Gasteiger charge is -2.49. The summed E-state index contributed by atoms with van der Waals surface area (Å²) in [6, 6.07) is 0. The largest absolute Gasteiger partial charge is 0.389 e. The van der Waals surface area contributed by atoms with Crippen molar-refractivity contribution >= 4 is 0 Å². The Bertz CT molecular complexity index is 268. The summed E-state index contributed by atoms with van der Waals surface area (Å²) in [6.45, 7) is 5.23. The fourth-order valence-electron chi connectivity index (χ4n) is 4.41. The molecule has 3 N–H and O–H groups in total. The van der Waals surface area contributed by atoms with Crippen LogP contribution in [0.1, 0.15) is 65.2 Å². The molecule has 0 saturated heterocycles. The molecule has 0 aromatic heterocycles. The molecule has 0 heterocycles. The lowest BCUT2D eigenvalue weighted by molar-refractivity contribution is -0.105. The summed E-state index contributed by atoms with van der Waals surface area (Å²) in [5, 5.41) is 11.1. The lowest BCUT2D eigenvalue weighted by Crippen LogP contribution is -2.53. The molecule has 2 aliphatic carbocycles. The Morgan fingerprint density at radius 3 is 2.53 bits per heavy atom. The Labute approximate surface area is 106 Å². The number of nitrogens with two attached hydrogens (primary N) is 1. The van der Waals surface area contributed by atoms with E-state index >= 15 is 0 Å². The first kappa shape index (κ1) is 13.4. The van der Waals surface area contributed by atoms with Crippen LogP contribution in [0.25, 0.3) is 0 Å². The zero-order chi connectivity index (χ0) is 12.5. The molecule has 2 heteroatoms. The normalized spacial score (nSPS) is 47.3. The van der Waals surface area contributed by atoms with Crippen LogP contribution in [0.15, 0.2) is 0 Å². The van der Waals surface area contributed by atoms with Crippen LogP contribution in [0, 0.1) is 17.3 Å². The van der Waals surface area contributed by atoms with Crippen LogP contribution in [0.2, 0.25) is 0 Å². The van der Waals surface area contributed by atoms with E-state index in [1.165, 1.54) is 25.7 Å². The summed E-state index contributed by atoms with van der Waals surface area (Å²) < 4.78 is 0. The van der Waals surface area contributed by atoms with Crippen molar-refractivity contribution in [1.82, 2.24) is 0 Å². The van der Waals surface area contributed by atoms with Gasteiger partial charge in [-0.3, -0.25) is 0 Å². The average molecular weight is 239 g/mol. The standard InChI is InChI=1S/C15H29NO/c1-3-13-6-8-15(17,10-13)14(11-16)7-4-5-12(2)9-14/h12-13,17H,3-11,16H2,1-2H3. The Morgan fingerprint density at radius 2 is 2.00 bits per heavy atom. The molecule has 2 nitrogen and oxygen atoms in total. The second kappa shape index (κ2) is 4.89. The maximum Gasteiger partial charge on any atom is 0.0718 e. The molecule has 0 spiro atoms. The molecule has 2 rings (SSSR count). The van der Waals surface area contributed by atoms with Crippen LogP contribution in [0.3, 0.4) is 0 Å². The molecule has 17 heavy (non-hydrogen) atoms. The summed E-state index contributed by atoms with van der Waals surface area (Å²) in [7, 11) is 0. The van der Waals surface area contributed by atoms with Crippen LogP contribution >= 0.6 is 0 Å². The molecule has 0 bridgehead atoms.